The third-order valence-corrected chi connectivity index (χ3v) is 3.46. The van der Waals surface area contributed by atoms with E-state index in [1.54, 1.807) is 11.1 Å². The lowest BCUT2D eigenvalue weighted by Crippen LogP contribution is -2.50. The third kappa shape index (κ3) is 4.59. The van der Waals surface area contributed by atoms with Gasteiger partial charge in [0.15, 0.2) is 0 Å². The quantitative estimate of drug-likeness (QED) is 0.920. The second kappa shape index (κ2) is 6.96. The van der Waals surface area contributed by atoms with Crippen LogP contribution in [-0.2, 0) is 11.2 Å². The van der Waals surface area contributed by atoms with Crippen molar-refractivity contribution >= 4 is 11.9 Å². The van der Waals surface area contributed by atoms with Gasteiger partial charge in [-0.05, 0) is 38.8 Å². The van der Waals surface area contributed by atoms with Gasteiger partial charge in [0.25, 0.3) is 0 Å². The van der Waals surface area contributed by atoms with Crippen LogP contribution < -0.4 is 4.90 Å². The zero-order valence-electron chi connectivity index (χ0n) is 13.6. The Morgan fingerprint density at radius 2 is 1.95 bits per heavy atom. The van der Waals surface area contributed by atoms with Gasteiger partial charge in [-0.2, -0.15) is 0 Å². The minimum Gasteiger partial charge on any atom is -0.444 e. The Morgan fingerprint density at radius 3 is 2.45 bits per heavy atom. The number of amides is 1. The number of anilines is 1. The van der Waals surface area contributed by atoms with Gasteiger partial charge in [0, 0.05) is 39.0 Å². The summed E-state index contributed by atoms with van der Waals surface area (Å²) in [6.07, 6.45) is 2.17. The summed E-state index contributed by atoms with van der Waals surface area (Å²) in [5.74, 6) is 0.908. The first kappa shape index (κ1) is 16.5. The van der Waals surface area contributed by atoms with Crippen LogP contribution in [0.3, 0.4) is 0 Å². The van der Waals surface area contributed by atoms with Crippen LogP contribution in [0, 0.1) is 0 Å². The van der Waals surface area contributed by atoms with Crippen LogP contribution in [0.15, 0.2) is 18.3 Å². The zero-order valence-corrected chi connectivity index (χ0v) is 13.6. The molecule has 122 valence electrons. The Morgan fingerprint density at radius 1 is 1.27 bits per heavy atom. The molecule has 0 bridgehead atoms. The number of aromatic nitrogens is 1. The summed E-state index contributed by atoms with van der Waals surface area (Å²) >= 11 is 0. The molecule has 1 aromatic rings. The minimum absolute atomic E-state index is 0.135. The molecule has 2 heterocycles. The Kier molecular flexibility index (Phi) is 5.24. The van der Waals surface area contributed by atoms with E-state index in [0.29, 0.717) is 19.5 Å². The number of nitrogens with zero attached hydrogens (tertiary/aromatic N) is 3. The van der Waals surface area contributed by atoms with Gasteiger partial charge in [-0.1, -0.05) is 6.07 Å². The molecule has 0 spiro atoms. The van der Waals surface area contributed by atoms with E-state index in [1.165, 1.54) is 0 Å². The molecule has 6 nitrogen and oxygen atoms in total. The van der Waals surface area contributed by atoms with Crippen molar-refractivity contribution < 1.29 is 14.6 Å². The molecule has 1 amide bonds. The lowest BCUT2D eigenvalue weighted by atomic mass is 10.2. The Labute approximate surface area is 131 Å². The fraction of sp³-hybridized carbons (Fsp3) is 0.625. The summed E-state index contributed by atoms with van der Waals surface area (Å²) in [5, 5.41) is 8.91. The Balaban J connectivity index is 1.87. The fourth-order valence-electron chi connectivity index (χ4n) is 2.33. The van der Waals surface area contributed by atoms with Gasteiger partial charge in [-0.3, -0.25) is 0 Å². The zero-order chi connectivity index (χ0) is 16.2. The molecule has 0 atom stereocenters. The van der Waals surface area contributed by atoms with Gasteiger partial charge in [0.05, 0.1) is 0 Å². The first-order valence-corrected chi connectivity index (χ1v) is 7.68. The maximum Gasteiger partial charge on any atom is 0.410 e. The number of aliphatic hydroxyl groups excluding tert-OH is 1. The molecule has 0 saturated carbocycles. The van der Waals surface area contributed by atoms with Crippen molar-refractivity contribution in [2.24, 2.45) is 0 Å². The third-order valence-electron chi connectivity index (χ3n) is 3.46. The van der Waals surface area contributed by atoms with E-state index >= 15 is 0 Å². The smallest absolute Gasteiger partial charge is 0.410 e. The first-order valence-electron chi connectivity index (χ1n) is 7.68. The lowest BCUT2D eigenvalue weighted by Gasteiger charge is -2.36. The summed E-state index contributed by atoms with van der Waals surface area (Å²) in [4.78, 5) is 20.3. The van der Waals surface area contributed by atoms with Crippen molar-refractivity contribution in [3.8, 4) is 0 Å². The molecular weight excluding hydrogens is 282 g/mol. The van der Waals surface area contributed by atoms with E-state index < -0.39 is 5.60 Å². The van der Waals surface area contributed by atoms with E-state index in [-0.39, 0.29) is 12.7 Å². The Bertz CT molecular complexity index is 488. The van der Waals surface area contributed by atoms with Crippen LogP contribution in [0.2, 0.25) is 0 Å². The summed E-state index contributed by atoms with van der Waals surface area (Å²) in [5.41, 5.74) is 0.567. The summed E-state index contributed by atoms with van der Waals surface area (Å²) in [6, 6.07) is 3.95. The lowest BCUT2D eigenvalue weighted by molar-refractivity contribution is 0.0240. The molecule has 1 fully saturated rings. The minimum atomic E-state index is -0.460. The summed E-state index contributed by atoms with van der Waals surface area (Å²) in [6.45, 7) is 8.51. The number of carbonyl (C=O) groups is 1. The largest absolute Gasteiger partial charge is 0.444 e. The molecule has 0 radical (unpaired) electrons. The van der Waals surface area contributed by atoms with Gasteiger partial charge in [0.1, 0.15) is 11.4 Å². The van der Waals surface area contributed by atoms with Gasteiger partial charge >= 0.3 is 6.09 Å². The van der Waals surface area contributed by atoms with E-state index in [9.17, 15) is 4.79 Å². The highest BCUT2D eigenvalue weighted by atomic mass is 16.6. The van der Waals surface area contributed by atoms with Gasteiger partial charge in [-0.25, -0.2) is 9.78 Å². The molecule has 0 aromatic carbocycles. The molecule has 0 aliphatic carbocycles. The van der Waals surface area contributed by atoms with Crippen molar-refractivity contribution in [2.45, 2.75) is 32.8 Å². The maximum atomic E-state index is 12.0. The van der Waals surface area contributed by atoms with E-state index in [0.717, 1.165) is 24.5 Å². The molecule has 1 aliphatic heterocycles. The van der Waals surface area contributed by atoms with Crippen LogP contribution >= 0.6 is 0 Å². The highest BCUT2D eigenvalue weighted by molar-refractivity contribution is 5.68. The van der Waals surface area contributed by atoms with Gasteiger partial charge in [0.2, 0.25) is 0 Å². The molecule has 1 N–H and O–H groups in total. The first-order chi connectivity index (χ1) is 10.4. The highest BCUT2D eigenvalue weighted by Gasteiger charge is 2.26. The normalized spacial score (nSPS) is 15.8. The van der Waals surface area contributed by atoms with E-state index in [4.69, 9.17) is 9.84 Å². The number of ether oxygens (including phenoxy) is 1. The van der Waals surface area contributed by atoms with Crippen LogP contribution in [0.5, 0.6) is 0 Å². The molecule has 1 aliphatic rings. The predicted molar refractivity (Wildman–Crippen MR) is 85.0 cm³/mol. The second-order valence-corrected chi connectivity index (χ2v) is 6.45. The Hall–Kier alpha value is -1.82. The van der Waals surface area contributed by atoms with Crippen LogP contribution in [0.1, 0.15) is 26.3 Å². The molecular formula is C16H25N3O3. The average molecular weight is 307 g/mol. The number of carbonyl (C=O) groups excluding carboxylic acids is 1. The predicted octanol–water partition coefficient (Wildman–Crippen LogP) is 1.67. The van der Waals surface area contributed by atoms with Gasteiger partial charge < -0.3 is 19.6 Å². The summed E-state index contributed by atoms with van der Waals surface area (Å²) < 4.78 is 5.39. The van der Waals surface area contributed by atoms with Crippen molar-refractivity contribution in [1.82, 2.24) is 9.88 Å². The number of aliphatic hydroxyl groups is 1. The SMILES string of the molecule is CC(C)(C)OC(=O)N1CCN(c2ccc(CCO)cn2)CC1. The molecule has 1 aromatic heterocycles. The van der Waals surface area contributed by atoms with Crippen molar-refractivity contribution in [3.05, 3.63) is 23.9 Å². The van der Waals surface area contributed by atoms with Crippen LogP contribution in [0.25, 0.3) is 0 Å². The van der Waals surface area contributed by atoms with Crippen molar-refractivity contribution in [2.75, 3.05) is 37.7 Å². The van der Waals surface area contributed by atoms with Crippen LogP contribution in [-0.4, -0.2) is 59.5 Å². The second-order valence-electron chi connectivity index (χ2n) is 6.45. The number of hydrogen-bond donors (Lipinski definition) is 1. The molecule has 6 heteroatoms. The molecule has 2 rings (SSSR count). The maximum absolute atomic E-state index is 12.0. The molecule has 1 saturated heterocycles. The molecule has 0 unspecified atom stereocenters. The number of rotatable bonds is 3. The van der Waals surface area contributed by atoms with Crippen molar-refractivity contribution in [1.29, 1.82) is 0 Å². The molecule has 22 heavy (non-hydrogen) atoms. The monoisotopic (exact) mass is 307 g/mol. The fourth-order valence-corrected chi connectivity index (χ4v) is 2.33. The summed E-state index contributed by atoms with van der Waals surface area (Å²) in [7, 11) is 0. The number of hydrogen-bond acceptors (Lipinski definition) is 5. The average Bonchev–Trinajstić information content (AvgIpc) is 2.47. The van der Waals surface area contributed by atoms with Crippen LogP contribution in [0.4, 0.5) is 10.6 Å². The van der Waals surface area contributed by atoms with E-state index in [1.807, 2.05) is 32.9 Å². The number of piperazine rings is 1. The standard InChI is InChI=1S/C16H25N3O3/c1-16(2,3)22-15(21)19-9-7-18(8-10-19)14-5-4-13(6-11-20)12-17-14/h4-5,12,20H,6-11H2,1-3H3. The van der Waals surface area contributed by atoms with E-state index in [2.05, 4.69) is 9.88 Å². The highest BCUT2D eigenvalue weighted by Crippen LogP contribution is 2.16. The topological polar surface area (TPSA) is 65.9 Å². The van der Waals surface area contributed by atoms with Crippen molar-refractivity contribution in [3.63, 3.8) is 0 Å². The van der Waals surface area contributed by atoms with Gasteiger partial charge in [-0.15, -0.1) is 0 Å². The number of pyridine rings is 1.